The Bertz CT molecular complexity index is 833. The number of fused-ring (bicyclic) bond motifs is 1. The van der Waals surface area contributed by atoms with E-state index in [2.05, 4.69) is 30.4 Å². The minimum Gasteiger partial charge on any atom is -0.357 e. The van der Waals surface area contributed by atoms with Crippen molar-refractivity contribution in [3.05, 3.63) is 47.0 Å². The molecule has 2 heterocycles. The number of nitrogens with one attached hydrogen (secondary N) is 2. The number of halogens is 4. The number of hydrogen-bond donors (Lipinski definition) is 2. The lowest BCUT2D eigenvalue weighted by atomic mass is 10.1. The Morgan fingerprint density at radius 2 is 1.84 bits per heavy atom. The van der Waals surface area contributed by atoms with Crippen molar-refractivity contribution in [1.82, 2.24) is 25.4 Å². The summed E-state index contributed by atoms with van der Waals surface area (Å²) in [5.74, 6) is 2.75. The smallest absolute Gasteiger partial charge is 0.357 e. The van der Waals surface area contributed by atoms with Crippen LogP contribution in [-0.4, -0.2) is 40.4 Å². The zero-order valence-corrected chi connectivity index (χ0v) is 20.0. The molecule has 0 saturated heterocycles. The van der Waals surface area contributed by atoms with E-state index < -0.39 is 11.7 Å². The fourth-order valence-corrected chi connectivity index (χ4v) is 3.53. The van der Waals surface area contributed by atoms with Gasteiger partial charge in [-0.05, 0) is 43.9 Å². The van der Waals surface area contributed by atoms with E-state index in [0.29, 0.717) is 25.5 Å². The maximum Gasteiger partial charge on any atom is 0.416 e. The van der Waals surface area contributed by atoms with Gasteiger partial charge in [0.2, 0.25) is 0 Å². The lowest BCUT2D eigenvalue weighted by molar-refractivity contribution is -0.137. The van der Waals surface area contributed by atoms with Gasteiger partial charge in [0, 0.05) is 39.0 Å². The molecule has 1 aromatic carbocycles. The average Bonchev–Trinajstić information content (AvgIpc) is 2.94. The minimum atomic E-state index is -4.30. The topological polar surface area (TPSA) is 67.1 Å². The van der Waals surface area contributed by atoms with E-state index in [4.69, 9.17) is 0 Å². The highest BCUT2D eigenvalue weighted by Gasteiger charge is 2.29. The van der Waals surface area contributed by atoms with E-state index in [0.717, 1.165) is 61.7 Å². The van der Waals surface area contributed by atoms with Crippen LogP contribution in [0.4, 0.5) is 13.2 Å². The van der Waals surface area contributed by atoms with Gasteiger partial charge in [-0.3, -0.25) is 4.99 Å². The van der Waals surface area contributed by atoms with Crippen LogP contribution in [0, 0.1) is 0 Å². The molecule has 0 unspecified atom stereocenters. The quantitative estimate of drug-likeness (QED) is 0.311. The normalized spacial score (nSPS) is 14.4. The standard InChI is InChI=1S/C21H29F3N6.HI/c1-2-25-20(26-13-11-16-7-9-17(10-8-16)21(22,23)24)27-14-12-19-29-28-18-6-4-3-5-15-30(18)19;/h7-10H,2-6,11-15H2,1H3,(H2,25,26,27);1H. The minimum absolute atomic E-state index is 0. The van der Waals surface area contributed by atoms with Crippen LogP contribution in [0.3, 0.4) is 0 Å². The Balaban J connectivity index is 0.00000341. The van der Waals surface area contributed by atoms with Crippen LogP contribution < -0.4 is 10.6 Å². The molecule has 1 aliphatic rings. The van der Waals surface area contributed by atoms with Gasteiger partial charge in [-0.2, -0.15) is 13.2 Å². The average molecular weight is 550 g/mol. The molecular weight excluding hydrogens is 520 g/mol. The second-order valence-electron chi connectivity index (χ2n) is 7.38. The summed E-state index contributed by atoms with van der Waals surface area (Å²) in [5.41, 5.74) is 0.220. The molecule has 1 aromatic heterocycles. The van der Waals surface area contributed by atoms with Gasteiger partial charge in [-0.15, -0.1) is 34.2 Å². The van der Waals surface area contributed by atoms with Crippen LogP contribution in [0.15, 0.2) is 29.3 Å². The molecular formula is C21H30F3IN6. The molecule has 6 nitrogen and oxygen atoms in total. The van der Waals surface area contributed by atoms with Gasteiger partial charge in [-0.25, -0.2) is 0 Å². The number of nitrogens with zero attached hydrogens (tertiary/aromatic N) is 4. The predicted octanol–water partition coefficient (Wildman–Crippen LogP) is 3.98. The number of rotatable bonds is 7. The maximum absolute atomic E-state index is 12.6. The van der Waals surface area contributed by atoms with Gasteiger partial charge >= 0.3 is 6.18 Å². The number of aromatic nitrogens is 3. The van der Waals surface area contributed by atoms with Crippen LogP contribution in [0.1, 0.15) is 49.0 Å². The summed E-state index contributed by atoms with van der Waals surface area (Å²) in [7, 11) is 0. The first kappa shape index (κ1) is 25.4. The second kappa shape index (κ2) is 12.3. The van der Waals surface area contributed by atoms with E-state index in [1.54, 1.807) is 0 Å². The highest BCUT2D eigenvalue weighted by molar-refractivity contribution is 14.0. The first-order valence-corrected chi connectivity index (χ1v) is 10.6. The third-order valence-corrected chi connectivity index (χ3v) is 5.12. The Labute approximate surface area is 198 Å². The molecule has 0 fully saturated rings. The largest absolute Gasteiger partial charge is 0.416 e. The highest BCUT2D eigenvalue weighted by atomic mass is 127. The van der Waals surface area contributed by atoms with Crippen molar-refractivity contribution in [2.24, 2.45) is 4.99 Å². The van der Waals surface area contributed by atoms with Crippen molar-refractivity contribution < 1.29 is 13.2 Å². The van der Waals surface area contributed by atoms with Crippen LogP contribution >= 0.6 is 24.0 Å². The van der Waals surface area contributed by atoms with E-state index in [1.165, 1.54) is 25.0 Å². The lowest BCUT2D eigenvalue weighted by Crippen LogP contribution is -2.38. The summed E-state index contributed by atoms with van der Waals surface area (Å²) >= 11 is 0. The molecule has 0 bridgehead atoms. The summed E-state index contributed by atoms with van der Waals surface area (Å²) < 4.78 is 40.2. The zero-order valence-electron chi connectivity index (χ0n) is 17.7. The Kier molecular flexibility index (Phi) is 10.0. The van der Waals surface area contributed by atoms with Gasteiger partial charge in [0.15, 0.2) is 5.96 Å². The van der Waals surface area contributed by atoms with Crippen LogP contribution in [0.2, 0.25) is 0 Å². The fourth-order valence-electron chi connectivity index (χ4n) is 3.53. The first-order chi connectivity index (χ1) is 14.5. The summed E-state index contributed by atoms with van der Waals surface area (Å²) in [6.07, 6.45) is 1.59. The van der Waals surface area contributed by atoms with Crippen LogP contribution in [0.25, 0.3) is 0 Å². The summed E-state index contributed by atoms with van der Waals surface area (Å²) in [5, 5.41) is 15.1. The number of aliphatic imine (C=N–C) groups is 1. The molecule has 3 rings (SSSR count). The SMILES string of the molecule is CCNC(=NCCc1nnc2n1CCCCC2)NCCc1ccc(C(F)(F)F)cc1.I. The van der Waals surface area contributed by atoms with Crippen molar-refractivity contribution >= 4 is 29.9 Å². The van der Waals surface area contributed by atoms with Gasteiger partial charge in [0.1, 0.15) is 11.6 Å². The molecule has 31 heavy (non-hydrogen) atoms. The molecule has 172 valence electrons. The molecule has 2 N–H and O–H groups in total. The number of benzene rings is 1. The van der Waals surface area contributed by atoms with Crippen molar-refractivity contribution in [3.8, 4) is 0 Å². The first-order valence-electron chi connectivity index (χ1n) is 10.6. The van der Waals surface area contributed by atoms with Gasteiger partial charge in [0.05, 0.1) is 5.56 Å². The van der Waals surface area contributed by atoms with E-state index >= 15 is 0 Å². The molecule has 0 saturated carbocycles. The van der Waals surface area contributed by atoms with E-state index in [9.17, 15) is 13.2 Å². The van der Waals surface area contributed by atoms with Gasteiger partial charge in [-0.1, -0.05) is 18.6 Å². The monoisotopic (exact) mass is 550 g/mol. The number of aryl methyl sites for hydroxylation is 1. The highest BCUT2D eigenvalue weighted by Crippen LogP contribution is 2.29. The predicted molar refractivity (Wildman–Crippen MR) is 126 cm³/mol. The van der Waals surface area contributed by atoms with Crippen molar-refractivity contribution in [2.75, 3.05) is 19.6 Å². The molecule has 10 heteroatoms. The number of hydrogen-bond acceptors (Lipinski definition) is 3. The lowest BCUT2D eigenvalue weighted by Gasteiger charge is -2.12. The Hall–Kier alpha value is -1.85. The van der Waals surface area contributed by atoms with Crippen molar-refractivity contribution in [1.29, 1.82) is 0 Å². The molecule has 0 amide bonds. The van der Waals surface area contributed by atoms with E-state index in [1.807, 2.05) is 6.92 Å². The molecule has 1 aliphatic heterocycles. The number of guanidine groups is 1. The summed E-state index contributed by atoms with van der Waals surface area (Å²) in [6.45, 7) is 4.87. The van der Waals surface area contributed by atoms with E-state index in [-0.39, 0.29) is 24.0 Å². The third kappa shape index (κ3) is 7.65. The third-order valence-electron chi connectivity index (χ3n) is 5.12. The summed E-state index contributed by atoms with van der Waals surface area (Å²) in [6, 6.07) is 5.28. The molecule has 0 atom stereocenters. The van der Waals surface area contributed by atoms with Crippen LogP contribution in [0.5, 0.6) is 0 Å². The van der Waals surface area contributed by atoms with Gasteiger partial charge < -0.3 is 15.2 Å². The zero-order chi connectivity index (χ0) is 21.4. The molecule has 0 radical (unpaired) electrons. The van der Waals surface area contributed by atoms with Crippen molar-refractivity contribution in [2.45, 2.75) is 58.2 Å². The molecule has 2 aromatic rings. The fraction of sp³-hybridized carbons (Fsp3) is 0.571. The van der Waals surface area contributed by atoms with Crippen LogP contribution in [-0.2, 0) is 32.0 Å². The Morgan fingerprint density at radius 3 is 2.55 bits per heavy atom. The number of alkyl halides is 3. The molecule has 0 spiro atoms. The molecule has 0 aliphatic carbocycles. The van der Waals surface area contributed by atoms with Gasteiger partial charge in [0.25, 0.3) is 0 Å². The van der Waals surface area contributed by atoms with Crippen molar-refractivity contribution in [3.63, 3.8) is 0 Å². The Morgan fingerprint density at radius 1 is 1.06 bits per heavy atom. The second-order valence-corrected chi connectivity index (χ2v) is 7.38. The maximum atomic E-state index is 12.6. The summed E-state index contributed by atoms with van der Waals surface area (Å²) in [4.78, 5) is 4.60.